The Morgan fingerprint density at radius 2 is 2.11 bits per heavy atom. The first-order valence-corrected chi connectivity index (χ1v) is 6.03. The first-order valence-electron chi connectivity index (χ1n) is 6.03. The van der Waals surface area contributed by atoms with Gasteiger partial charge < -0.3 is 14.6 Å². The van der Waals surface area contributed by atoms with Gasteiger partial charge in [-0.25, -0.2) is 0 Å². The number of benzene rings is 1. The maximum atomic E-state index is 11.8. The smallest absolute Gasteiger partial charge is 0.307 e. The summed E-state index contributed by atoms with van der Waals surface area (Å²) in [6.07, 6.45) is 0.264. The largest absolute Gasteiger partial charge is 0.469 e. The summed E-state index contributed by atoms with van der Waals surface area (Å²) in [6.45, 7) is 0.434. The highest BCUT2D eigenvalue weighted by Crippen LogP contribution is 2.20. The van der Waals surface area contributed by atoms with Gasteiger partial charge in [0.2, 0.25) is 0 Å². The molecule has 5 nitrogen and oxygen atoms in total. The summed E-state index contributed by atoms with van der Waals surface area (Å²) in [7, 11) is 3.10. The summed E-state index contributed by atoms with van der Waals surface area (Å²) in [5.41, 5.74) is 1.51. The van der Waals surface area contributed by atoms with E-state index >= 15 is 0 Å². The number of esters is 1. The maximum absolute atomic E-state index is 11.8. The van der Waals surface area contributed by atoms with Crippen molar-refractivity contribution in [1.29, 1.82) is 0 Å². The van der Waals surface area contributed by atoms with Crippen molar-refractivity contribution in [2.75, 3.05) is 19.0 Å². The number of hydrogen-bond acceptors (Lipinski definition) is 4. The van der Waals surface area contributed by atoms with Crippen LogP contribution in [0.2, 0.25) is 0 Å². The van der Waals surface area contributed by atoms with Crippen LogP contribution in [0.3, 0.4) is 0 Å². The molecule has 19 heavy (non-hydrogen) atoms. The lowest BCUT2D eigenvalue weighted by Gasteiger charge is -2.11. The third-order valence-electron chi connectivity index (χ3n) is 3.03. The minimum Gasteiger partial charge on any atom is -0.469 e. The van der Waals surface area contributed by atoms with Crippen LogP contribution in [0.15, 0.2) is 35.1 Å². The average Bonchev–Trinajstić information content (AvgIpc) is 2.44. The molecule has 0 unspecified atom stereocenters. The fraction of sp³-hybridized carbons (Fsp3) is 0.286. The van der Waals surface area contributed by atoms with Gasteiger partial charge in [0.1, 0.15) is 0 Å². The van der Waals surface area contributed by atoms with Gasteiger partial charge in [0.15, 0.2) is 0 Å². The van der Waals surface area contributed by atoms with Crippen molar-refractivity contribution in [1.82, 2.24) is 4.57 Å². The number of pyridine rings is 1. The molecule has 0 saturated carbocycles. The van der Waals surface area contributed by atoms with Crippen LogP contribution in [0.4, 0.5) is 5.69 Å². The van der Waals surface area contributed by atoms with E-state index in [1.807, 2.05) is 24.3 Å². The number of hydrogen-bond donors (Lipinski definition) is 1. The van der Waals surface area contributed by atoms with Gasteiger partial charge in [0.05, 0.1) is 19.0 Å². The van der Waals surface area contributed by atoms with E-state index in [-0.39, 0.29) is 17.9 Å². The number of ether oxygens (including phenoxy) is 1. The molecular weight excluding hydrogens is 244 g/mol. The SMILES string of the molecule is COC(=O)CCNc1cc(=O)n(C)c2ccccc12. The van der Waals surface area contributed by atoms with Crippen LogP contribution >= 0.6 is 0 Å². The molecule has 0 saturated heterocycles. The Kier molecular flexibility index (Phi) is 3.85. The molecule has 2 rings (SSSR count). The molecule has 1 heterocycles. The summed E-state index contributed by atoms with van der Waals surface area (Å²) < 4.78 is 6.17. The van der Waals surface area contributed by atoms with Crippen molar-refractivity contribution in [3.05, 3.63) is 40.7 Å². The molecule has 100 valence electrons. The van der Waals surface area contributed by atoms with Crippen LogP contribution in [0.1, 0.15) is 6.42 Å². The minimum absolute atomic E-state index is 0.0840. The monoisotopic (exact) mass is 260 g/mol. The minimum atomic E-state index is -0.277. The Labute approximate surface area is 110 Å². The molecule has 1 aromatic carbocycles. The molecule has 0 amide bonds. The van der Waals surface area contributed by atoms with Gasteiger partial charge >= 0.3 is 5.97 Å². The van der Waals surface area contributed by atoms with Gasteiger partial charge in [0.25, 0.3) is 5.56 Å². The van der Waals surface area contributed by atoms with Crippen molar-refractivity contribution >= 4 is 22.6 Å². The highest BCUT2D eigenvalue weighted by molar-refractivity contribution is 5.91. The third-order valence-corrected chi connectivity index (χ3v) is 3.03. The Balaban J connectivity index is 2.30. The summed E-state index contributed by atoms with van der Waals surface area (Å²) in [4.78, 5) is 22.9. The van der Waals surface area contributed by atoms with Crippen LogP contribution in [0.5, 0.6) is 0 Å². The number of aryl methyl sites for hydroxylation is 1. The zero-order valence-corrected chi connectivity index (χ0v) is 11.0. The Morgan fingerprint density at radius 1 is 1.37 bits per heavy atom. The summed E-state index contributed by atoms with van der Waals surface area (Å²) in [6, 6.07) is 9.18. The average molecular weight is 260 g/mol. The molecule has 5 heteroatoms. The number of aromatic nitrogens is 1. The first-order chi connectivity index (χ1) is 9.13. The second kappa shape index (κ2) is 5.56. The van der Waals surface area contributed by atoms with E-state index in [0.717, 1.165) is 16.6 Å². The maximum Gasteiger partial charge on any atom is 0.307 e. The number of carbonyl (C=O) groups excluding carboxylic acids is 1. The van der Waals surface area contributed by atoms with Crippen LogP contribution < -0.4 is 10.9 Å². The zero-order chi connectivity index (χ0) is 13.8. The Morgan fingerprint density at radius 3 is 2.84 bits per heavy atom. The molecule has 0 atom stereocenters. The molecule has 0 spiro atoms. The van der Waals surface area contributed by atoms with Gasteiger partial charge in [-0.05, 0) is 6.07 Å². The number of nitrogens with zero attached hydrogens (tertiary/aromatic N) is 1. The normalized spacial score (nSPS) is 10.4. The number of methoxy groups -OCH3 is 1. The van der Waals surface area contributed by atoms with Crippen LogP contribution in [0, 0.1) is 0 Å². The molecule has 1 N–H and O–H groups in total. The van der Waals surface area contributed by atoms with Gasteiger partial charge in [-0.3, -0.25) is 9.59 Å². The van der Waals surface area contributed by atoms with Crippen molar-refractivity contribution in [3.63, 3.8) is 0 Å². The number of nitrogens with one attached hydrogen (secondary N) is 1. The second-order valence-electron chi connectivity index (χ2n) is 4.23. The molecule has 0 bridgehead atoms. The van der Waals surface area contributed by atoms with Crippen molar-refractivity contribution in [2.24, 2.45) is 7.05 Å². The highest BCUT2D eigenvalue weighted by atomic mass is 16.5. The number of fused-ring (bicyclic) bond motifs is 1. The molecular formula is C14H16N2O3. The first kappa shape index (κ1) is 13.1. The molecule has 0 aliphatic heterocycles. The molecule has 2 aromatic rings. The summed E-state index contributed by atoms with van der Waals surface area (Å²) in [5.74, 6) is -0.277. The molecule has 0 radical (unpaired) electrons. The van der Waals surface area contributed by atoms with Gasteiger partial charge in [0, 0.05) is 30.7 Å². The van der Waals surface area contributed by atoms with Gasteiger partial charge in [-0.2, -0.15) is 0 Å². The molecule has 0 aliphatic carbocycles. The third kappa shape index (κ3) is 2.76. The quantitative estimate of drug-likeness (QED) is 0.847. The Hall–Kier alpha value is -2.30. The van der Waals surface area contributed by atoms with E-state index in [1.54, 1.807) is 17.7 Å². The van der Waals surface area contributed by atoms with E-state index in [9.17, 15) is 9.59 Å². The van der Waals surface area contributed by atoms with E-state index < -0.39 is 0 Å². The van der Waals surface area contributed by atoms with E-state index in [0.29, 0.717) is 6.54 Å². The van der Waals surface area contributed by atoms with E-state index in [4.69, 9.17) is 0 Å². The number of carbonyl (C=O) groups is 1. The van der Waals surface area contributed by atoms with Crippen LogP contribution in [0.25, 0.3) is 10.9 Å². The van der Waals surface area contributed by atoms with Crippen LogP contribution in [-0.2, 0) is 16.6 Å². The lowest BCUT2D eigenvalue weighted by Crippen LogP contribution is -2.18. The predicted molar refractivity (Wildman–Crippen MR) is 74.3 cm³/mol. The van der Waals surface area contributed by atoms with Crippen molar-refractivity contribution in [3.8, 4) is 0 Å². The van der Waals surface area contributed by atoms with Crippen LogP contribution in [-0.4, -0.2) is 24.2 Å². The lowest BCUT2D eigenvalue weighted by atomic mass is 10.2. The number of para-hydroxylation sites is 1. The molecule has 0 fully saturated rings. The predicted octanol–water partition coefficient (Wildman–Crippen LogP) is 1.51. The Bertz CT molecular complexity index is 661. The molecule has 1 aromatic heterocycles. The fourth-order valence-corrected chi connectivity index (χ4v) is 1.96. The lowest BCUT2D eigenvalue weighted by molar-refractivity contribution is -0.140. The topological polar surface area (TPSA) is 60.3 Å². The van der Waals surface area contributed by atoms with E-state index in [2.05, 4.69) is 10.1 Å². The van der Waals surface area contributed by atoms with Crippen molar-refractivity contribution < 1.29 is 9.53 Å². The number of rotatable bonds is 4. The molecule has 0 aliphatic rings. The second-order valence-corrected chi connectivity index (χ2v) is 4.23. The summed E-state index contributed by atoms with van der Waals surface area (Å²) >= 11 is 0. The van der Waals surface area contributed by atoms with Gasteiger partial charge in [-0.1, -0.05) is 18.2 Å². The summed E-state index contributed by atoms with van der Waals surface area (Å²) in [5, 5.41) is 4.06. The highest BCUT2D eigenvalue weighted by Gasteiger charge is 2.06. The number of anilines is 1. The van der Waals surface area contributed by atoms with E-state index in [1.165, 1.54) is 7.11 Å². The van der Waals surface area contributed by atoms with Gasteiger partial charge in [-0.15, -0.1) is 0 Å². The van der Waals surface area contributed by atoms with Crippen molar-refractivity contribution in [2.45, 2.75) is 6.42 Å². The standard InChI is InChI=1S/C14H16N2O3/c1-16-12-6-4-3-5-10(12)11(9-13(16)17)15-8-7-14(18)19-2/h3-6,9,15H,7-8H2,1-2H3. The fourth-order valence-electron chi connectivity index (χ4n) is 1.96. The zero-order valence-electron chi connectivity index (χ0n) is 11.0.